The summed E-state index contributed by atoms with van der Waals surface area (Å²) < 4.78 is 0. The van der Waals surface area contributed by atoms with E-state index in [2.05, 4.69) is 20.8 Å². The van der Waals surface area contributed by atoms with Gasteiger partial charge in [0, 0.05) is 5.56 Å². The summed E-state index contributed by atoms with van der Waals surface area (Å²) in [7, 11) is 0. The van der Waals surface area contributed by atoms with E-state index in [4.69, 9.17) is 0 Å². The molecule has 2 rings (SSSR count). The number of phenols is 1. The lowest BCUT2D eigenvalue weighted by molar-refractivity contribution is -0.143. The highest BCUT2D eigenvalue weighted by Crippen LogP contribution is 2.45. The summed E-state index contributed by atoms with van der Waals surface area (Å²) >= 11 is 0. The van der Waals surface area contributed by atoms with E-state index in [0.717, 1.165) is 18.4 Å². The molecule has 1 aliphatic carbocycles. The van der Waals surface area contributed by atoms with Crippen LogP contribution in [0.25, 0.3) is 0 Å². The Labute approximate surface area is 114 Å². The van der Waals surface area contributed by atoms with E-state index in [1.165, 1.54) is 0 Å². The van der Waals surface area contributed by atoms with Crippen LogP contribution in [-0.4, -0.2) is 16.2 Å². The summed E-state index contributed by atoms with van der Waals surface area (Å²) in [6.45, 7) is 6.27. The molecule has 104 valence electrons. The Morgan fingerprint density at radius 3 is 2.26 bits per heavy atom. The molecule has 0 amide bonds. The second-order valence-electron chi connectivity index (χ2n) is 6.58. The van der Waals surface area contributed by atoms with E-state index in [-0.39, 0.29) is 11.2 Å². The molecule has 0 bridgehead atoms. The average Bonchev–Trinajstić information content (AvgIpc) is 2.78. The number of carboxylic acids is 1. The van der Waals surface area contributed by atoms with Gasteiger partial charge in [-0.2, -0.15) is 0 Å². The van der Waals surface area contributed by atoms with Crippen molar-refractivity contribution in [3.63, 3.8) is 0 Å². The Bertz CT molecular complexity index is 491. The molecule has 0 aliphatic heterocycles. The number of benzene rings is 1. The van der Waals surface area contributed by atoms with Crippen LogP contribution in [0.3, 0.4) is 0 Å². The van der Waals surface area contributed by atoms with Gasteiger partial charge in [-0.05, 0) is 29.9 Å². The molecule has 0 aromatic heterocycles. The third-order valence-corrected chi connectivity index (χ3v) is 4.24. The lowest BCUT2D eigenvalue weighted by Gasteiger charge is -2.28. The van der Waals surface area contributed by atoms with Crippen molar-refractivity contribution in [2.24, 2.45) is 0 Å². The van der Waals surface area contributed by atoms with Crippen molar-refractivity contribution in [3.05, 3.63) is 29.3 Å². The van der Waals surface area contributed by atoms with Gasteiger partial charge in [0.25, 0.3) is 0 Å². The minimum absolute atomic E-state index is 0.0548. The quantitative estimate of drug-likeness (QED) is 0.856. The van der Waals surface area contributed by atoms with Gasteiger partial charge in [-0.25, -0.2) is 0 Å². The molecular formula is C16H22O3. The minimum atomic E-state index is -0.897. The zero-order valence-corrected chi connectivity index (χ0v) is 11.9. The number of carbonyl (C=O) groups is 1. The highest BCUT2D eigenvalue weighted by Gasteiger charge is 2.44. The summed E-state index contributed by atoms with van der Waals surface area (Å²) in [5.41, 5.74) is 0.698. The average molecular weight is 262 g/mol. The van der Waals surface area contributed by atoms with Crippen molar-refractivity contribution in [2.75, 3.05) is 0 Å². The van der Waals surface area contributed by atoms with Crippen LogP contribution in [-0.2, 0) is 15.6 Å². The highest BCUT2D eigenvalue weighted by atomic mass is 16.4. The normalized spacial score (nSPS) is 18.5. The fourth-order valence-electron chi connectivity index (χ4n) is 2.96. The Kier molecular flexibility index (Phi) is 3.33. The predicted octanol–water partition coefficient (Wildman–Crippen LogP) is 3.59. The summed E-state index contributed by atoms with van der Waals surface area (Å²) in [6.07, 6.45) is 3.05. The van der Waals surface area contributed by atoms with E-state index in [9.17, 15) is 15.0 Å². The molecule has 2 N–H and O–H groups in total. The predicted molar refractivity (Wildman–Crippen MR) is 74.6 cm³/mol. The molecule has 1 aromatic carbocycles. The largest absolute Gasteiger partial charge is 0.508 e. The van der Waals surface area contributed by atoms with Crippen LogP contribution in [0.1, 0.15) is 57.6 Å². The summed E-state index contributed by atoms with van der Waals surface area (Å²) in [5, 5.41) is 19.7. The van der Waals surface area contributed by atoms with Gasteiger partial charge < -0.3 is 10.2 Å². The van der Waals surface area contributed by atoms with Crippen molar-refractivity contribution in [1.82, 2.24) is 0 Å². The van der Waals surface area contributed by atoms with Gasteiger partial charge in [0.1, 0.15) is 5.75 Å². The van der Waals surface area contributed by atoms with E-state index in [1.807, 2.05) is 12.1 Å². The molecule has 1 saturated carbocycles. The Hall–Kier alpha value is -1.51. The second-order valence-corrected chi connectivity index (χ2v) is 6.58. The molecule has 0 atom stereocenters. The molecule has 1 aromatic rings. The fourth-order valence-corrected chi connectivity index (χ4v) is 2.96. The first-order valence-corrected chi connectivity index (χ1v) is 6.85. The molecule has 0 unspecified atom stereocenters. The van der Waals surface area contributed by atoms with Gasteiger partial charge in [0.05, 0.1) is 5.41 Å². The number of hydrogen-bond donors (Lipinski definition) is 2. The lowest BCUT2D eigenvalue weighted by atomic mass is 9.75. The molecule has 1 fully saturated rings. The third kappa shape index (κ3) is 2.34. The molecule has 0 spiro atoms. The maximum absolute atomic E-state index is 11.7. The van der Waals surface area contributed by atoms with Gasteiger partial charge in [-0.3, -0.25) is 4.79 Å². The van der Waals surface area contributed by atoms with E-state index in [0.29, 0.717) is 18.4 Å². The molecule has 0 heterocycles. The van der Waals surface area contributed by atoms with Gasteiger partial charge in [-0.15, -0.1) is 0 Å². The van der Waals surface area contributed by atoms with Crippen molar-refractivity contribution >= 4 is 5.97 Å². The maximum atomic E-state index is 11.7. The topological polar surface area (TPSA) is 57.5 Å². The third-order valence-electron chi connectivity index (χ3n) is 4.24. The van der Waals surface area contributed by atoms with Crippen LogP contribution < -0.4 is 0 Å². The Morgan fingerprint density at radius 2 is 1.79 bits per heavy atom. The lowest BCUT2D eigenvalue weighted by Crippen LogP contribution is -2.33. The molecule has 0 saturated heterocycles. The number of phenolic OH excluding ortho intramolecular Hbond substituents is 1. The van der Waals surface area contributed by atoms with Crippen molar-refractivity contribution in [1.29, 1.82) is 0 Å². The van der Waals surface area contributed by atoms with Gasteiger partial charge in [0.2, 0.25) is 0 Å². The van der Waals surface area contributed by atoms with Crippen LogP contribution in [0.15, 0.2) is 18.2 Å². The fraction of sp³-hybridized carbons (Fsp3) is 0.562. The minimum Gasteiger partial charge on any atom is -0.508 e. The number of rotatable bonds is 2. The number of carboxylic acid groups (broad SMARTS) is 1. The SMILES string of the molecule is CC(C)(C)c1ccc(O)c(C2(C(=O)O)CCCC2)c1. The van der Waals surface area contributed by atoms with Gasteiger partial charge in [0.15, 0.2) is 0 Å². The Morgan fingerprint density at radius 1 is 1.21 bits per heavy atom. The van der Waals surface area contributed by atoms with Gasteiger partial charge >= 0.3 is 5.97 Å². The highest BCUT2D eigenvalue weighted by molar-refractivity contribution is 5.83. The number of aliphatic carboxylic acids is 1. The number of hydrogen-bond acceptors (Lipinski definition) is 2. The van der Waals surface area contributed by atoms with Crippen molar-refractivity contribution in [3.8, 4) is 5.75 Å². The van der Waals surface area contributed by atoms with E-state index in [1.54, 1.807) is 6.07 Å². The van der Waals surface area contributed by atoms with Crippen LogP contribution in [0.4, 0.5) is 0 Å². The van der Waals surface area contributed by atoms with Crippen LogP contribution in [0.2, 0.25) is 0 Å². The Balaban J connectivity index is 2.57. The summed E-state index contributed by atoms with van der Waals surface area (Å²) in [5.74, 6) is -0.705. The van der Waals surface area contributed by atoms with Crippen LogP contribution in [0, 0.1) is 0 Å². The van der Waals surface area contributed by atoms with E-state index >= 15 is 0 Å². The first-order chi connectivity index (χ1) is 8.77. The molecule has 19 heavy (non-hydrogen) atoms. The standard InChI is InChI=1S/C16H22O3/c1-15(2,3)11-6-7-13(17)12(10-11)16(14(18)19)8-4-5-9-16/h6-7,10,17H,4-5,8-9H2,1-3H3,(H,18,19). The smallest absolute Gasteiger partial charge is 0.314 e. The molecule has 1 aliphatic rings. The zero-order chi connectivity index (χ0) is 14.3. The monoisotopic (exact) mass is 262 g/mol. The molecule has 3 nitrogen and oxygen atoms in total. The number of aromatic hydroxyl groups is 1. The first kappa shape index (κ1) is 13.9. The van der Waals surface area contributed by atoms with Gasteiger partial charge in [-0.1, -0.05) is 45.7 Å². The molecule has 0 radical (unpaired) electrons. The van der Waals surface area contributed by atoms with E-state index < -0.39 is 11.4 Å². The summed E-state index contributed by atoms with van der Waals surface area (Å²) in [6, 6.07) is 5.40. The second kappa shape index (κ2) is 4.55. The van der Waals surface area contributed by atoms with Crippen molar-refractivity contribution in [2.45, 2.75) is 57.3 Å². The molecule has 3 heteroatoms. The van der Waals surface area contributed by atoms with Crippen LogP contribution in [0.5, 0.6) is 5.75 Å². The zero-order valence-electron chi connectivity index (χ0n) is 11.9. The maximum Gasteiger partial charge on any atom is 0.314 e. The van der Waals surface area contributed by atoms with Crippen molar-refractivity contribution < 1.29 is 15.0 Å². The first-order valence-electron chi connectivity index (χ1n) is 6.85. The summed E-state index contributed by atoms with van der Waals surface area (Å²) in [4.78, 5) is 11.7. The van der Waals surface area contributed by atoms with Crippen LogP contribution >= 0.6 is 0 Å². The molecular weight excluding hydrogens is 240 g/mol.